The summed E-state index contributed by atoms with van der Waals surface area (Å²) in [5.74, 6) is 0.613. The Balaban J connectivity index is 1.38. The summed E-state index contributed by atoms with van der Waals surface area (Å²) in [6, 6.07) is 18.0. The summed E-state index contributed by atoms with van der Waals surface area (Å²) in [6.45, 7) is 2.32. The number of carbonyl (C=O) groups excluding carboxylic acids is 1. The number of rotatable bonds is 9. The highest BCUT2D eigenvalue weighted by atomic mass is 35.5. The molecule has 0 bridgehead atoms. The number of hydrazone groups is 1. The molecule has 1 aromatic heterocycles. The van der Waals surface area contributed by atoms with Crippen molar-refractivity contribution in [2.45, 2.75) is 6.92 Å². The maximum absolute atomic E-state index is 12.5. The van der Waals surface area contributed by atoms with E-state index in [0.29, 0.717) is 39.3 Å². The number of nitrogens with one attached hydrogen (secondary N) is 2. The lowest BCUT2D eigenvalue weighted by Gasteiger charge is -2.11. The van der Waals surface area contributed by atoms with E-state index in [1.54, 1.807) is 24.3 Å². The summed E-state index contributed by atoms with van der Waals surface area (Å²) in [4.78, 5) is 17.1. The Labute approximate surface area is 222 Å². The van der Waals surface area contributed by atoms with Gasteiger partial charge in [-0.25, -0.2) is 10.4 Å². The van der Waals surface area contributed by atoms with Crippen LogP contribution in [-0.2, 0) is 0 Å². The Bertz CT molecular complexity index is 1370. The molecule has 3 aromatic carbocycles. The van der Waals surface area contributed by atoms with E-state index in [4.69, 9.17) is 32.7 Å². The molecule has 0 unspecified atom stereocenters. The van der Waals surface area contributed by atoms with E-state index < -0.39 is 0 Å². The Morgan fingerprint density at radius 1 is 1.11 bits per heavy atom. The smallest absolute Gasteiger partial charge is 0.271 e. The van der Waals surface area contributed by atoms with Gasteiger partial charge in [0.15, 0.2) is 16.6 Å². The average Bonchev–Trinajstić information content (AvgIpc) is 3.35. The number of thiazole rings is 1. The topological polar surface area (TPSA) is 84.8 Å². The number of hydrogen-bond donors (Lipinski definition) is 2. The summed E-state index contributed by atoms with van der Waals surface area (Å²) >= 11 is 13.7. The van der Waals surface area contributed by atoms with Gasteiger partial charge in [0.1, 0.15) is 0 Å². The zero-order valence-electron chi connectivity index (χ0n) is 19.4. The van der Waals surface area contributed by atoms with Crippen molar-refractivity contribution >= 4 is 57.5 Å². The Hall–Kier alpha value is -3.59. The third-order valence-corrected chi connectivity index (χ3v) is 6.25. The number of methoxy groups -OCH3 is 1. The number of anilines is 2. The van der Waals surface area contributed by atoms with Gasteiger partial charge in [-0.3, -0.25) is 4.79 Å². The van der Waals surface area contributed by atoms with E-state index in [2.05, 4.69) is 20.8 Å². The number of hydrogen-bond acceptors (Lipinski definition) is 7. The van der Waals surface area contributed by atoms with Gasteiger partial charge in [-0.15, -0.1) is 11.3 Å². The van der Waals surface area contributed by atoms with Crippen molar-refractivity contribution in [2.24, 2.45) is 5.10 Å². The highest BCUT2D eigenvalue weighted by Crippen LogP contribution is 2.36. The molecule has 2 N–H and O–H groups in total. The summed E-state index contributed by atoms with van der Waals surface area (Å²) in [5, 5.41) is 11.1. The zero-order valence-corrected chi connectivity index (χ0v) is 21.7. The van der Waals surface area contributed by atoms with E-state index in [0.717, 1.165) is 22.1 Å². The van der Waals surface area contributed by atoms with Gasteiger partial charge in [-0.2, -0.15) is 5.10 Å². The number of nitrogens with zero attached hydrogens (tertiary/aromatic N) is 2. The predicted molar refractivity (Wildman–Crippen MR) is 147 cm³/mol. The largest absolute Gasteiger partial charge is 0.493 e. The van der Waals surface area contributed by atoms with Crippen LogP contribution in [0.5, 0.6) is 11.5 Å². The van der Waals surface area contributed by atoms with Gasteiger partial charge in [0, 0.05) is 27.2 Å². The molecule has 0 aliphatic carbocycles. The Morgan fingerprint density at radius 3 is 2.56 bits per heavy atom. The molecule has 0 saturated heterocycles. The number of benzene rings is 3. The molecule has 0 aliphatic rings. The zero-order chi connectivity index (χ0) is 25.5. The normalized spacial score (nSPS) is 10.9. The highest BCUT2D eigenvalue weighted by molar-refractivity contribution is 7.14. The second-order valence-corrected chi connectivity index (χ2v) is 9.12. The van der Waals surface area contributed by atoms with Crippen LogP contribution in [0, 0.1) is 0 Å². The lowest BCUT2D eigenvalue weighted by atomic mass is 10.1. The molecular weight excluding hydrogens is 519 g/mol. The Kier molecular flexibility index (Phi) is 8.43. The van der Waals surface area contributed by atoms with Crippen molar-refractivity contribution in [2.75, 3.05) is 19.0 Å². The SMILES string of the molecule is CCOc1c(Cl)cc(/C=N\NC(=O)c2ccc(-c3csc(Nc4ccc(Cl)cc4)n3)cc2)cc1OC. The van der Waals surface area contributed by atoms with Crippen molar-refractivity contribution < 1.29 is 14.3 Å². The maximum atomic E-state index is 12.5. The first-order chi connectivity index (χ1) is 17.5. The molecule has 0 radical (unpaired) electrons. The van der Waals surface area contributed by atoms with Gasteiger partial charge in [0.05, 0.1) is 30.6 Å². The quantitative estimate of drug-likeness (QED) is 0.176. The van der Waals surface area contributed by atoms with E-state index in [-0.39, 0.29) is 5.91 Å². The van der Waals surface area contributed by atoms with Crippen LogP contribution in [0.3, 0.4) is 0 Å². The second kappa shape index (κ2) is 11.9. The van der Waals surface area contributed by atoms with Gasteiger partial charge in [0.25, 0.3) is 5.91 Å². The average molecular weight is 541 g/mol. The van der Waals surface area contributed by atoms with Gasteiger partial charge in [-0.1, -0.05) is 35.3 Å². The van der Waals surface area contributed by atoms with E-state index in [1.165, 1.54) is 24.7 Å². The van der Waals surface area contributed by atoms with Crippen LogP contribution in [-0.4, -0.2) is 30.8 Å². The van der Waals surface area contributed by atoms with Crippen molar-refractivity contribution in [3.8, 4) is 22.8 Å². The summed E-state index contributed by atoms with van der Waals surface area (Å²) < 4.78 is 10.8. The van der Waals surface area contributed by atoms with Gasteiger partial charge in [0.2, 0.25) is 0 Å². The molecule has 1 amide bonds. The second-order valence-electron chi connectivity index (χ2n) is 7.41. The summed E-state index contributed by atoms with van der Waals surface area (Å²) in [7, 11) is 1.53. The lowest BCUT2D eigenvalue weighted by molar-refractivity contribution is 0.0955. The van der Waals surface area contributed by atoms with E-state index >= 15 is 0 Å². The first kappa shape index (κ1) is 25.5. The minimum atomic E-state index is -0.342. The third kappa shape index (κ3) is 6.34. The van der Waals surface area contributed by atoms with Gasteiger partial charge in [-0.05, 0) is 61.0 Å². The number of aromatic nitrogens is 1. The Morgan fingerprint density at radius 2 is 1.86 bits per heavy atom. The molecule has 1 heterocycles. The lowest BCUT2D eigenvalue weighted by Crippen LogP contribution is -2.17. The molecule has 0 atom stereocenters. The number of amides is 1. The molecule has 0 spiro atoms. The first-order valence-corrected chi connectivity index (χ1v) is 12.5. The third-order valence-electron chi connectivity index (χ3n) is 4.96. The van der Waals surface area contributed by atoms with Crippen LogP contribution >= 0.6 is 34.5 Å². The molecule has 4 aromatic rings. The summed E-state index contributed by atoms with van der Waals surface area (Å²) in [6.07, 6.45) is 1.49. The molecule has 184 valence electrons. The van der Waals surface area contributed by atoms with Crippen LogP contribution in [0.1, 0.15) is 22.8 Å². The standard InChI is InChI=1S/C26H22Cl2N4O3S/c1-3-35-24-21(28)12-16(13-23(24)34-2)14-29-32-25(33)18-6-4-17(5-7-18)22-15-36-26(31-22)30-20-10-8-19(27)9-11-20/h4-15H,3H2,1-2H3,(H,30,31)(H,32,33)/b29-14-. The number of halogens is 2. The molecule has 36 heavy (non-hydrogen) atoms. The predicted octanol–water partition coefficient (Wildman–Crippen LogP) is 7.03. The minimum Gasteiger partial charge on any atom is -0.493 e. The van der Waals surface area contributed by atoms with E-state index in [1.807, 2.05) is 48.7 Å². The molecule has 0 aliphatic heterocycles. The number of carbonyl (C=O) groups is 1. The van der Waals surface area contributed by atoms with Crippen LogP contribution in [0.4, 0.5) is 10.8 Å². The van der Waals surface area contributed by atoms with Crippen LogP contribution < -0.4 is 20.2 Å². The molecule has 0 saturated carbocycles. The minimum absolute atomic E-state index is 0.342. The van der Waals surface area contributed by atoms with E-state index in [9.17, 15) is 4.79 Å². The molecule has 4 rings (SSSR count). The molecule has 10 heteroatoms. The van der Waals surface area contributed by atoms with Crippen molar-refractivity contribution in [1.29, 1.82) is 0 Å². The van der Waals surface area contributed by atoms with Crippen molar-refractivity contribution in [1.82, 2.24) is 10.4 Å². The highest BCUT2D eigenvalue weighted by Gasteiger charge is 2.11. The maximum Gasteiger partial charge on any atom is 0.271 e. The van der Waals surface area contributed by atoms with Crippen LogP contribution in [0.15, 0.2) is 71.1 Å². The fourth-order valence-electron chi connectivity index (χ4n) is 3.24. The monoisotopic (exact) mass is 540 g/mol. The fraction of sp³-hybridized carbons (Fsp3) is 0.115. The summed E-state index contributed by atoms with van der Waals surface area (Å²) in [5.41, 5.74) is 6.25. The van der Waals surface area contributed by atoms with Crippen LogP contribution in [0.2, 0.25) is 10.0 Å². The molecule has 7 nitrogen and oxygen atoms in total. The molecule has 0 fully saturated rings. The van der Waals surface area contributed by atoms with Gasteiger partial charge >= 0.3 is 0 Å². The van der Waals surface area contributed by atoms with Crippen LogP contribution in [0.25, 0.3) is 11.3 Å². The number of ether oxygens (including phenoxy) is 2. The van der Waals surface area contributed by atoms with Crippen molar-refractivity contribution in [3.05, 3.63) is 87.2 Å². The first-order valence-electron chi connectivity index (χ1n) is 10.9. The van der Waals surface area contributed by atoms with Gasteiger partial charge < -0.3 is 14.8 Å². The fourth-order valence-corrected chi connectivity index (χ4v) is 4.38. The van der Waals surface area contributed by atoms with Crippen molar-refractivity contribution in [3.63, 3.8) is 0 Å². The molecular formula is C26H22Cl2N4O3S.